The summed E-state index contributed by atoms with van der Waals surface area (Å²) in [5, 5.41) is 16.0. The second-order valence-electron chi connectivity index (χ2n) is 15.9. The first-order valence-electron chi connectivity index (χ1n) is 20.7. The normalized spacial score (nSPS) is 11.9. The van der Waals surface area contributed by atoms with Gasteiger partial charge >= 0.3 is 0 Å². The summed E-state index contributed by atoms with van der Waals surface area (Å²) in [4.78, 5) is 17.4. The van der Waals surface area contributed by atoms with E-state index in [1.54, 1.807) is 11.3 Å². The van der Waals surface area contributed by atoms with E-state index in [0.29, 0.717) is 17.5 Å². The highest BCUT2D eigenvalue weighted by molar-refractivity contribution is 7.22. The first-order chi connectivity index (χ1) is 30.2. The molecule has 0 saturated carbocycles. The Morgan fingerprint density at radius 2 is 0.754 bits per heavy atom. The van der Waals surface area contributed by atoms with Gasteiger partial charge in [-0.1, -0.05) is 176 Å². The van der Waals surface area contributed by atoms with Crippen molar-refractivity contribution in [2.75, 3.05) is 0 Å². The van der Waals surface area contributed by atoms with E-state index in [-0.39, 0.29) is 0 Å². The Morgan fingerprint density at radius 1 is 0.279 bits per heavy atom. The van der Waals surface area contributed by atoms with Crippen LogP contribution in [0.1, 0.15) is 0 Å². The van der Waals surface area contributed by atoms with Gasteiger partial charge in [0.05, 0.1) is 0 Å². The minimum atomic E-state index is 0.633. The molecule has 0 atom stereocenters. The molecule has 0 aliphatic heterocycles. The molecule has 2 aromatic heterocycles. The number of hydrogen-bond acceptors (Lipinski definition) is 4. The van der Waals surface area contributed by atoms with Gasteiger partial charge in [-0.25, -0.2) is 15.0 Å². The van der Waals surface area contributed by atoms with E-state index in [1.807, 2.05) is 0 Å². The summed E-state index contributed by atoms with van der Waals surface area (Å²) in [7, 11) is 0. The number of thiophene rings is 1. The minimum absolute atomic E-state index is 0.633. The van der Waals surface area contributed by atoms with Crippen molar-refractivity contribution in [2.24, 2.45) is 0 Å². The van der Waals surface area contributed by atoms with Crippen LogP contribution in [0.2, 0.25) is 0 Å². The van der Waals surface area contributed by atoms with Gasteiger partial charge in [0.2, 0.25) is 0 Å². The summed E-state index contributed by atoms with van der Waals surface area (Å²) in [5.41, 5.74) is 6.15. The molecule has 0 aliphatic carbocycles. The van der Waals surface area contributed by atoms with Crippen LogP contribution in [0.25, 0.3) is 130 Å². The fourth-order valence-corrected chi connectivity index (χ4v) is 10.8. The van der Waals surface area contributed by atoms with E-state index in [9.17, 15) is 0 Å². The summed E-state index contributed by atoms with van der Waals surface area (Å²) in [6.45, 7) is 0. The molecule has 13 aromatic rings. The highest BCUT2D eigenvalue weighted by Crippen LogP contribution is 2.45. The van der Waals surface area contributed by atoms with E-state index in [2.05, 4.69) is 200 Å². The van der Waals surface area contributed by atoms with Crippen LogP contribution < -0.4 is 0 Å². The predicted molar refractivity (Wildman–Crippen MR) is 259 cm³/mol. The maximum absolute atomic E-state index is 5.45. The van der Waals surface area contributed by atoms with Crippen LogP contribution in [0.15, 0.2) is 200 Å². The van der Waals surface area contributed by atoms with E-state index >= 15 is 0 Å². The lowest BCUT2D eigenvalue weighted by Gasteiger charge is -2.17. The molecule has 3 nitrogen and oxygen atoms in total. The molecule has 0 N–H and O–H groups in total. The standard InChI is InChI=1S/C57H33N3S/c1-2-13-34(14-3-1)41-19-5-7-21-46(41)56-58-55(59-57(60-56)47-22-8-6-20-42(47)50-33-38-15-4-9-26-49(38)61-50)40-31-39-30-29-37-17-11-24-44-43-23-10-16-35-27-28-36-18-12-25-45(53(36)51(35)43)48(32-40)54(39)52(37)44/h1-33H. The van der Waals surface area contributed by atoms with Crippen molar-refractivity contribution in [1.82, 2.24) is 15.0 Å². The van der Waals surface area contributed by atoms with Crippen molar-refractivity contribution >= 4 is 86.1 Å². The number of hydrogen-bond donors (Lipinski definition) is 0. The molecule has 0 radical (unpaired) electrons. The van der Waals surface area contributed by atoms with Crippen molar-refractivity contribution in [2.45, 2.75) is 0 Å². The number of rotatable bonds is 5. The van der Waals surface area contributed by atoms with Crippen molar-refractivity contribution in [1.29, 1.82) is 0 Å². The zero-order chi connectivity index (χ0) is 40.0. The Morgan fingerprint density at radius 3 is 1.39 bits per heavy atom. The minimum Gasteiger partial charge on any atom is -0.208 e. The summed E-state index contributed by atoms with van der Waals surface area (Å²) in [6, 6.07) is 72.3. The Labute approximate surface area is 355 Å². The molecule has 0 amide bonds. The summed E-state index contributed by atoms with van der Waals surface area (Å²) < 4.78 is 1.25. The van der Waals surface area contributed by atoms with Gasteiger partial charge in [0.15, 0.2) is 17.5 Å². The highest BCUT2D eigenvalue weighted by Gasteiger charge is 2.21. The second kappa shape index (κ2) is 13.4. The lowest BCUT2D eigenvalue weighted by Crippen LogP contribution is -2.02. The summed E-state index contributed by atoms with van der Waals surface area (Å²) >= 11 is 1.80. The summed E-state index contributed by atoms with van der Waals surface area (Å²) in [6.07, 6.45) is 0. The third kappa shape index (κ3) is 5.33. The van der Waals surface area contributed by atoms with Gasteiger partial charge in [-0.2, -0.15) is 0 Å². The Kier molecular flexibility index (Phi) is 7.47. The molecular weight excluding hydrogens is 759 g/mol. The van der Waals surface area contributed by atoms with Crippen LogP contribution in [0.4, 0.5) is 0 Å². The summed E-state index contributed by atoms with van der Waals surface area (Å²) in [5.74, 6) is 1.91. The maximum atomic E-state index is 5.45. The first-order valence-corrected chi connectivity index (χ1v) is 21.5. The van der Waals surface area contributed by atoms with Gasteiger partial charge in [-0.05, 0) is 105 Å². The van der Waals surface area contributed by atoms with E-state index in [4.69, 9.17) is 15.0 Å². The van der Waals surface area contributed by atoms with Crippen LogP contribution in [0.5, 0.6) is 0 Å². The van der Waals surface area contributed by atoms with Crippen LogP contribution >= 0.6 is 11.3 Å². The molecule has 0 unspecified atom stereocenters. The molecule has 0 bridgehead atoms. The van der Waals surface area contributed by atoms with Crippen molar-refractivity contribution < 1.29 is 0 Å². The van der Waals surface area contributed by atoms with Crippen molar-refractivity contribution in [3.05, 3.63) is 200 Å². The molecule has 282 valence electrons. The molecule has 0 fully saturated rings. The number of nitrogens with zero attached hydrogens (tertiary/aromatic N) is 3. The van der Waals surface area contributed by atoms with Gasteiger partial charge in [0.1, 0.15) is 0 Å². The fraction of sp³-hybridized carbons (Fsp3) is 0. The van der Waals surface area contributed by atoms with E-state index < -0.39 is 0 Å². The largest absolute Gasteiger partial charge is 0.208 e. The third-order valence-corrected chi connectivity index (χ3v) is 13.6. The maximum Gasteiger partial charge on any atom is 0.164 e. The third-order valence-electron chi connectivity index (χ3n) is 12.4. The van der Waals surface area contributed by atoms with E-state index in [1.165, 1.54) is 74.2 Å². The zero-order valence-electron chi connectivity index (χ0n) is 32.8. The molecule has 11 aromatic carbocycles. The number of fused-ring (bicyclic) bond motifs is 3. The number of aromatic nitrogens is 3. The Bertz CT molecular complexity index is 3850. The Balaban J connectivity index is 1.14. The smallest absolute Gasteiger partial charge is 0.164 e. The van der Waals surface area contributed by atoms with Gasteiger partial charge < -0.3 is 0 Å². The van der Waals surface area contributed by atoms with Crippen LogP contribution in [0, 0.1) is 0 Å². The van der Waals surface area contributed by atoms with Crippen LogP contribution in [0.3, 0.4) is 0 Å². The van der Waals surface area contributed by atoms with Crippen molar-refractivity contribution in [3.63, 3.8) is 0 Å². The molecule has 0 aliphatic rings. The molecule has 2 heterocycles. The lowest BCUT2D eigenvalue weighted by atomic mass is 9.87. The van der Waals surface area contributed by atoms with Gasteiger partial charge in [0.25, 0.3) is 0 Å². The first kappa shape index (κ1) is 34.1. The zero-order valence-corrected chi connectivity index (χ0v) is 33.6. The quantitative estimate of drug-likeness (QED) is 0.163. The highest BCUT2D eigenvalue weighted by atomic mass is 32.1. The van der Waals surface area contributed by atoms with Gasteiger partial charge in [-0.3, -0.25) is 0 Å². The number of benzene rings is 10. The average molecular weight is 792 g/mol. The molecule has 4 heteroatoms. The SMILES string of the molecule is c1ccc(-c2ccccc2-c2nc(-c3cc4ccc5cccc6c7cccc8ccc9cccc(c(c3)c4c56)c9c87)nc(-c3ccccc3-c3cc4ccccc4s3)n2)cc1. The second-order valence-corrected chi connectivity index (χ2v) is 17.0. The molecule has 0 spiro atoms. The molecule has 61 heavy (non-hydrogen) atoms. The molecular formula is C57H33N3S. The van der Waals surface area contributed by atoms with Crippen molar-refractivity contribution in [3.8, 4) is 55.7 Å². The van der Waals surface area contributed by atoms with Gasteiger partial charge in [-0.15, -0.1) is 11.3 Å². The lowest BCUT2D eigenvalue weighted by molar-refractivity contribution is 1.08. The fourth-order valence-electron chi connectivity index (χ4n) is 9.71. The Hall–Kier alpha value is -7.79. The average Bonchev–Trinajstić information content (AvgIpc) is 3.77. The topological polar surface area (TPSA) is 38.7 Å². The van der Waals surface area contributed by atoms with Gasteiger partial charge in [0, 0.05) is 31.8 Å². The molecule has 13 rings (SSSR count). The van der Waals surface area contributed by atoms with Crippen LogP contribution in [-0.2, 0) is 0 Å². The molecule has 0 saturated heterocycles. The van der Waals surface area contributed by atoms with E-state index in [0.717, 1.165) is 38.8 Å². The van der Waals surface area contributed by atoms with Crippen LogP contribution in [-0.4, -0.2) is 15.0 Å². The monoisotopic (exact) mass is 791 g/mol. The predicted octanol–water partition coefficient (Wildman–Crippen LogP) is 15.8.